The molecule has 0 aliphatic heterocycles. The molecule has 2 heteroatoms. The molecule has 0 aromatic heterocycles. The zero-order valence-corrected chi connectivity index (χ0v) is 5.38. The third-order valence-electron chi connectivity index (χ3n) is 2.87. The number of hydrogen-bond acceptors (Lipinski definition) is 2. The van der Waals surface area contributed by atoms with Crippen LogP contribution < -0.4 is 0 Å². The van der Waals surface area contributed by atoms with Gasteiger partial charge < -0.3 is 10.2 Å². The van der Waals surface area contributed by atoms with Crippen LogP contribution in [0.2, 0.25) is 0 Å². The molecular formula is C7H12O2. The highest BCUT2D eigenvalue weighted by Gasteiger charge is 2.57. The summed E-state index contributed by atoms with van der Waals surface area (Å²) in [4.78, 5) is 0. The van der Waals surface area contributed by atoms with Crippen molar-refractivity contribution in [2.24, 2.45) is 5.41 Å². The molecule has 0 radical (unpaired) electrons. The highest BCUT2D eigenvalue weighted by Crippen LogP contribution is 2.57. The molecular weight excluding hydrogens is 116 g/mol. The van der Waals surface area contributed by atoms with Gasteiger partial charge in [0.25, 0.3) is 0 Å². The van der Waals surface area contributed by atoms with Crippen LogP contribution in [0.3, 0.4) is 0 Å². The smallest absolute Gasteiger partial charge is 0.0622 e. The van der Waals surface area contributed by atoms with Crippen molar-refractivity contribution in [1.82, 2.24) is 0 Å². The quantitative estimate of drug-likeness (QED) is 0.492. The molecule has 2 rings (SSSR count). The Morgan fingerprint density at radius 2 is 1.44 bits per heavy atom. The van der Waals surface area contributed by atoms with Crippen LogP contribution in [0.15, 0.2) is 0 Å². The number of aliphatic hydroxyl groups is 2. The third kappa shape index (κ3) is 0.578. The predicted octanol–water partition coefficient (Wildman–Crippen LogP) is 0.282. The van der Waals surface area contributed by atoms with Gasteiger partial charge >= 0.3 is 0 Å². The van der Waals surface area contributed by atoms with Crippen molar-refractivity contribution < 1.29 is 10.2 Å². The third-order valence-corrected chi connectivity index (χ3v) is 2.87. The zero-order chi connectivity index (χ0) is 6.48. The van der Waals surface area contributed by atoms with Crippen molar-refractivity contribution in [2.75, 3.05) is 0 Å². The molecule has 0 aromatic carbocycles. The summed E-state index contributed by atoms with van der Waals surface area (Å²) in [5, 5.41) is 18.7. The van der Waals surface area contributed by atoms with Crippen LogP contribution in [-0.2, 0) is 0 Å². The van der Waals surface area contributed by atoms with Crippen LogP contribution in [0.1, 0.15) is 25.7 Å². The fourth-order valence-electron chi connectivity index (χ4n) is 1.92. The lowest BCUT2D eigenvalue weighted by molar-refractivity contribution is 0.0483. The van der Waals surface area contributed by atoms with Gasteiger partial charge in [-0.25, -0.2) is 0 Å². The lowest BCUT2D eigenvalue weighted by Crippen LogP contribution is -2.23. The Labute approximate surface area is 54.5 Å². The molecule has 1 spiro atoms. The van der Waals surface area contributed by atoms with E-state index in [1.807, 2.05) is 0 Å². The standard InChI is InChI=1S/C7H12O2/c8-5-1-2-6(9)7(5)3-4-7/h5-6,8-9H,1-4H2/t5-,6+. The summed E-state index contributed by atoms with van der Waals surface area (Å²) in [6, 6.07) is 0. The van der Waals surface area contributed by atoms with Crippen LogP contribution in [0.4, 0.5) is 0 Å². The van der Waals surface area contributed by atoms with Gasteiger partial charge in [-0.1, -0.05) is 0 Å². The summed E-state index contributed by atoms with van der Waals surface area (Å²) in [7, 11) is 0. The molecule has 0 saturated heterocycles. The maximum atomic E-state index is 9.33. The van der Waals surface area contributed by atoms with E-state index in [0.717, 1.165) is 25.7 Å². The molecule has 2 fully saturated rings. The van der Waals surface area contributed by atoms with E-state index in [9.17, 15) is 10.2 Å². The molecule has 0 bridgehead atoms. The van der Waals surface area contributed by atoms with Crippen LogP contribution >= 0.6 is 0 Å². The first-order chi connectivity index (χ1) is 4.26. The van der Waals surface area contributed by atoms with Crippen molar-refractivity contribution in [3.63, 3.8) is 0 Å². The van der Waals surface area contributed by atoms with Gasteiger partial charge in [0.05, 0.1) is 12.2 Å². The molecule has 2 aliphatic rings. The fourth-order valence-corrected chi connectivity index (χ4v) is 1.92. The van der Waals surface area contributed by atoms with Crippen molar-refractivity contribution in [3.8, 4) is 0 Å². The SMILES string of the molecule is O[C@@H]1CC[C@H](O)C12CC2. The minimum atomic E-state index is -0.201. The van der Waals surface area contributed by atoms with E-state index >= 15 is 0 Å². The van der Waals surface area contributed by atoms with E-state index in [1.165, 1.54) is 0 Å². The highest BCUT2D eigenvalue weighted by atomic mass is 16.3. The molecule has 52 valence electrons. The molecule has 2 atom stereocenters. The summed E-state index contributed by atoms with van der Waals surface area (Å²) in [6.45, 7) is 0. The molecule has 0 heterocycles. The molecule has 0 amide bonds. The second-order valence-corrected chi connectivity index (χ2v) is 3.34. The Balaban J connectivity index is 2.17. The normalized spacial score (nSPS) is 46.0. The van der Waals surface area contributed by atoms with Gasteiger partial charge in [-0.3, -0.25) is 0 Å². The van der Waals surface area contributed by atoms with Crippen molar-refractivity contribution >= 4 is 0 Å². The lowest BCUT2D eigenvalue weighted by atomic mass is 10.0. The first-order valence-corrected chi connectivity index (χ1v) is 3.62. The van der Waals surface area contributed by atoms with Crippen molar-refractivity contribution in [1.29, 1.82) is 0 Å². The summed E-state index contributed by atoms with van der Waals surface area (Å²) in [5.41, 5.74) is -0.0278. The molecule has 9 heavy (non-hydrogen) atoms. The van der Waals surface area contributed by atoms with Gasteiger partial charge in [0.1, 0.15) is 0 Å². The maximum Gasteiger partial charge on any atom is 0.0622 e. The van der Waals surface area contributed by atoms with Gasteiger partial charge in [0.15, 0.2) is 0 Å². The van der Waals surface area contributed by atoms with Crippen LogP contribution in [-0.4, -0.2) is 22.4 Å². The van der Waals surface area contributed by atoms with E-state index < -0.39 is 0 Å². The first-order valence-electron chi connectivity index (χ1n) is 3.62. The van der Waals surface area contributed by atoms with E-state index in [-0.39, 0.29) is 17.6 Å². The van der Waals surface area contributed by atoms with Crippen LogP contribution in [0.5, 0.6) is 0 Å². The minimum Gasteiger partial charge on any atom is -0.392 e. The Hall–Kier alpha value is -0.0800. The van der Waals surface area contributed by atoms with E-state index in [4.69, 9.17) is 0 Å². The largest absolute Gasteiger partial charge is 0.392 e. The Bertz CT molecular complexity index is 117. The highest BCUT2D eigenvalue weighted by molar-refractivity contribution is 5.08. The Morgan fingerprint density at radius 1 is 1.00 bits per heavy atom. The topological polar surface area (TPSA) is 40.5 Å². The molecule has 2 nitrogen and oxygen atoms in total. The fraction of sp³-hybridized carbons (Fsp3) is 1.00. The average molecular weight is 128 g/mol. The lowest BCUT2D eigenvalue weighted by Gasteiger charge is -2.14. The van der Waals surface area contributed by atoms with Gasteiger partial charge in [-0.15, -0.1) is 0 Å². The summed E-state index contributed by atoms with van der Waals surface area (Å²) >= 11 is 0. The summed E-state index contributed by atoms with van der Waals surface area (Å²) in [6.07, 6.45) is 3.28. The second kappa shape index (κ2) is 1.50. The van der Waals surface area contributed by atoms with Gasteiger partial charge in [0, 0.05) is 5.41 Å². The summed E-state index contributed by atoms with van der Waals surface area (Å²) < 4.78 is 0. The number of rotatable bonds is 0. The van der Waals surface area contributed by atoms with Gasteiger partial charge in [-0.2, -0.15) is 0 Å². The molecule has 2 saturated carbocycles. The predicted molar refractivity (Wildman–Crippen MR) is 32.9 cm³/mol. The number of hydrogen-bond donors (Lipinski definition) is 2. The van der Waals surface area contributed by atoms with Gasteiger partial charge in [0.2, 0.25) is 0 Å². The maximum absolute atomic E-state index is 9.33. The molecule has 0 unspecified atom stereocenters. The zero-order valence-electron chi connectivity index (χ0n) is 5.38. The second-order valence-electron chi connectivity index (χ2n) is 3.34. The Kier molecular flexibility index (Phi) is 0.945. The average Bonchev–Trinajstić information content (AvgIpc) is 2.56. The van der Waals surface area contributed by atoms with Crippen molar-refractivity contribution in [2.45, 2.75) is 37.9 Å². The van der Waals surface area contributed by atoms with Crippen LogP contribution in [0, 0.1) is 5.41 Å². The monoisotopic (exact) mass is 128 g/mol. The first kappa shape index (κ1) is 5.69. The molecule has 2 aliphatic carbocycles. The summed E-state index contributed by atoms with van der Waals surface area (Å²) in [5.74, 6) is 0. The number of aliphatic hydroxyl groups excluding tert-OH is 2. The molecule has 0 aromatic rings. The minimum absolute atomic E-state index is 0.0278. The van der Waals surface area contributed by atoms with Crippen LogP contribution in [0.25, 0.3) is 0 Å². The van der Waals surface area contributed by atoms with Crippen molar-refractivity contribution in [3.05, 3.63) is 0 Å². The van der Waals surface area contributed by atoms with E-state index in [1.54, 1.807) is 0 Å². The van der Waals surface area contributed by atoms with E-state index in [0.29, 0.717) is 0 Å². The van der Waals surface area contributed by atoms with E-state index in [2.05, 4.69) is 0 Å². The van der Waals surface area contributed by atoms with Gasteiger partial charge in [-0.05, 0) is 25.7 Å². The molecule has 2 N–H and O–H groups in total. The Morgan fingerprint density at radius 3 is 1.67 bits per heavy atom.